The second-order valence-electron chi connectivity index (χ2n) is 3.77. The summed E-state index contributed by atoms with van der Waals surface area (Å²) in [6.45, 7) is 6.06. The third-order valence-electron chi connectivity index (χ3n) is 1.33. The van der Waals surface area contributed by atoms with Crippen molar-refractivity contribution in [2.75, 3.05) is 0 Å². The smallest absolute Gasteiger partial charge is 0.242 e. The zero-order chi connectivity index (χ0) is 10.1. The predicted molar refractivity (Wildman–Crippen MR) is 58.1 cm³/mol. The summed E-state index contributed by atoms with van der Waals surface area (Å²) in [5, 5.41) is 0. The first-order chi connectivity index (χ1) is 5.90. The zero-order valence-electron chi connectivity index (χ0n) is 7.90. The van der Waals surface area contributed by atoms with Crippen molar-refractivity contribution < 1.29 is 8.82 Å². The van der Waals surface area contributed by atoms with E-state index in [1.165, 1.54) is 0 Å². The average molecular weight is 263 g/mol. The van der Waals surface area contributed by atoms with Crippen LogP contribution in [0.4, 0.5) is 4.39 Å². The van der Waals surface area contributed by atoms with Crippen LogP contribution in [0.2, 0.25) is 19.6 Å². The molecular weight excluding hydrogens is 251 g/mol. The van der Waals surface area contributed by atoms with Gasteiger partial charge < -0.3 is 4.43 Å². The van der Waals surface area contributed by atoms with Gasteiger partial charge in [0.15, 0.2) is 5.82 Å². The van der Waals surface area contributed by atoms with Crippen LogP contribution < -0.4 is 4.43 Å². The molecular formula is C9H12BrFOSi. The van der Waals surface area contributed by atoms with E-state index in [4.69, 9.17) is 4.43 Å². The molecule has 0 unspecified atom stereocenters. The lowest BCUT2D eigenvalue weighted by Crippen LogP contribution is -2.29. The standard InChI is InChI=1S/C9H12BrFOSi/c1-13(2,3)12-8-6-4-5-7(10)9(8)11/h4-6H,1-3H3. The van der Waals surface area contributed by atoms with Gasteiger partial charge in [-0.15, -0.1) is 0 Å². The molecule has 1 aromatic carbocycles. The summed E-state index contributed by atoms with van der Waals surface area (Å²) >= 11 is 3.11. The van der Waals surface area contributed by atoms with E-state index in [0.717, 1.165) is 0 Å². The van der Waals surface area contributed by atoms with E-state index in [1.807, 2.05) is 19.6 Å². The summed E-state index contributed by atoms with van der Waals surface area (Å²) in [4.78, 5) is 0. The largest absolute Gasteiger partial charge is 0.542 e. The van der Waals surface area contributed by atoms with Gasteiger partial charge in [-0.25, -0.2) is 4.39 Å². The maximum Gasteiger partial charge on any atom is 0.242 e. The molecule has 0 aromatic heterocycles. The van der Waals surface area contributed by atoms with Gasteiger partial charge in [0.1, 0.15) is 5.75 Å². The van der Waals surface area contributed by atoms with E-state index < -0.39 is 8.32 Å². The maximum absolute atomic E-state index is 13.4. The summed E-state index contributed by atoms with van der Waals surface area (Å²) < 4.78 is 19.4. The molecule has 0 saturated carbocycles. The lowest BCUT2D eigenvalue weighted by molar-refractivity contribution is 0.493. The predicted octanol–water partition coefficient (Wildman–Crippen LogP) is 3.80. The van der Waals surface area contributed by atoms with Crippen LogP contribution in [0.3, 0.4) is 0 Å². The highest BCUT2D eigenvalue weighted by Crippen LogP contribution is 2.26. The molecule has 0 atom stereocenters. The molecule has 0 radical (unpaired) electrons. The highest BCUT2D eigenvalue weighted by atomic mass is 79.9. The molecule has 1 rings (SSSR count). The van der Waals surface area contributed by atoms with Crippen molar-refractivity contribution in [2.45, 2.75) is 19.6 Å². The number of rotatable bonds is 2. The van der Waals surface area contributed by atoms with Gasteiger partial charge >= 0.3 is 0 Å². The van der Waals surface area contributed by atoms with E-state index in [1.54, 1.807) is 18.2 Å². The Morgan fingerprint density at radius 1 is 1.31 bits per heavy atom. The van der Waals surface area contributed by atoms with E-state index in [-0.39, 0.29) is 5.82 Å². The van der Waals surface area contributed by atoms with Gasteiger partial charge in [0.05, 0.1) is 4.47 Å². The van der Waals surface area contributed by atoms with Gasteiger partial charge in [-0.05, 0) is 47.7 Å². The minimum absolute atomic E-state index is 0.315. The van der Waals surface area contributed by atoms with Crippen LogP contribution in [-0.4, -0.2) is 8.32 Å². The summed E-state index contributed by atoms with van der Waals surface area (Å²) in [5.74, 6) is 0.0264. The first-order valence-corrected chi connectivity index (χ1v) is 8.23. The lowest BCUT2D eigenvalue weighted by atomic mass is 10.3. The highest BCUT2D eigenvalue weighted by Gasteiger charge is 2.18. The molecule has 0 heterocycles. The van der Waals surface area contributed by atoms with Crippen molar-refractivity contribution in [3.05, 3.63) is 28.5 Å². The second-order valence-corrected chi connectivity index (χ2v) is 9.05. The maximum atomic E-state index is 13.4. The quantitative estimate of drug-likeness (QED) is 0.737. The van der Waals surface area contributed by atoms with E-state index >= 15 is 0 Å². The first-order valence-electron chi connectivity index (χ1n) is 4.03. The second kappa shape index (κ2) is 3.80. The third kappa shape index (κ3) is 3.12. The normalized spacial score (nSPS) is 11.5. The Balaban J connectivity index is 2.96. The first kappa shape index (κ1) is 10.7. The van der Waals surface area contributed by atoms with Crippen LogP contribution in [-0.2, 0) is 0 Å². The van der Waals surface area contributed by atoms with Gasteiger partial charge in [-0.3, -0.25) is 0 Å². The molecule has 0 aliphatic heterocycles. The molecule has 72 valence electrons. The number of halogens is 2. The Hall–Kier alpha value is -0.353. The van der Waals surface area contributed by atoms with E-state index in [0.29, 0.717) is 10.2 Å². The summed E-state index contributed by atoms with van der Waals surface area (Å²) in [5.41, 5.74) is 0. The molecule has 0 aliphatic rings. The Labute approximate surface area is 87.2 Å². The molecule has 0 bridgehead atoms. The van der Waals surface area contributed by atoms with Crippen molar-refractivity contribution in [3.8, 4) is 5.75 Å². The molecule has 13 heavy (non-hydrogen) atoms. The summed E-state index contributed by atoms with van der Waals surface area (Å²) in [7, 11) is -1.71. The van der Waals surface area contributed by atoms with Crippen LogP contribution in [0.25, 0.3) is 0 Å². The Kier molecular flexibility index (Phi) is 3.13. The average Bonchev–Trinajstić information content (AvgIpc) is 1.96. The van der Waals surface area contributed by atoms with Crippen LogP contribution >= 0.6 is 15.9 Å². The van der Waals surface area contributed by atoms with Crippen molar-refractivity contribution in [1.82, 2.24) is 0 Å². The molecule has 0 spiro atoms. The van der Waals surface area contributed by atoms with Crippen LogP contribution in [0.5, 0.6) is 5.75 Å². The minimum Gasteiger partial charge on any atom is -0.542 e. The van der Waals surface area contributed by atoms with Gasteiger partial charge in [0, 0.05) is 0 Å². The highest BCUT2D eigenvalue weighted by molar-refractivity contribution is 9.10. The van der Waals surface area contributed by atoms with Gasteiger partial charge in [0.25, 0.3) is 0 Å². The Morgan fingerprint density at radius 2 is 1.92 bits per heavy atom. The fourth-order valence-electron chi connectivity index (χ4n) is 0.893. The molecule has 0 saturated heterocycles. The van der Waals surface area contributed by atoms with Gasteiger partial charge in [-0.2, -0.15) is 0 Å². The van der Waals surface area contributed by atoms with Gasteiger partial charge in [0.2, 0.25) is 8.32 Å². The SMILES string of the molecule is C[Si](C)(C)Oc1cccc(Br)c1F. The fourth-order valence-corrected chi connectivity index (χ4v) is 2.06. The monoisotopic (exact) mass is 262 g/mol. The van der Waals surface area contributed by atoms with E-state index in [9.17, 15) is 4.39 Å². The van der Waals surface area contributed by atoms with Crippen molar-refractivity contribution in [3.63, 3.8) is 0 Å². The molecule has 0 fully saturated rings. The summed E-state index contributed by atoms with van der Waals surface area (Å²) in [6, 6.07) is 5.08. The third-order valence-corrected chi connectivity index (χ3v) is 2.78. The van der Waals surface area contributed by atoms with Crippen molar-refractivity contribution in [1.29, 1.82) is 0 Å². The van der Waals surface area contributed by atoms with Gasteiger partial charge in [-0.1, -0.05) is 6.07 Å². The van der Waals surface area contributed by atoms with Crippen molar-refractivity contribution in [2.24, 2.45) is 0 Å². The van der Waals surface area contributed by atoms with Crippen LogP contribution in [0, 0.1) is 5.82 Å². The molecule has 0 N–H and O–H groups in total. The molecule has 4 heteroatoms. The minimum atomic E-state index is -1.71. The molecule has 1 nitrogen and oxygen atoms in total. The lowest BCUT2D eigenvalue weighted by Gasteiger charge is -2.19. The van der Waals surface area contributed by atoms with Crippen LogP contribution in [0.15, 0.2) is 22.7 Å². The Bertz CT molecular complexity index is 309. The number of hydrogen-bond donors (Lipinski definition) is 0. The molecule has 0 amide bonds. The number of hydrogen-bond acceptors (Lipinski definition) is 1. The summed E-state index contributed by atoms with van der Waals surface area (Å²) in [6.07, 6.45) is 0. The van der Waals surface area contributed by atoms with Crippen molar-refractivity contribution >= 4 is 24.2 Å². The topological polar surface area (TPSA) is 9.23 Å². The Morgan fingerprint density at radius 3 is 2.46 bits per heavy atom. The molecule has 1 aromatic rings. The zero-order valence-corrected chi connectivity index (χ0v) is 10.5. The molecule has 0 aliphatic carbocycles. The fraction of sp³-hybridized carbons (Fsp3) is 0.333. The number of benzene rings is 1. The van der Waals surface area contributed by atoms with Crippen LogP contribution in [0.1, 0.15) is 0 Å². The van der Waals surface area contributed by atoms with E-state index in [2.05, 4.69) is 15.9 Å².